The Morgan fingerprint density at radius 1 is 1.06 bits per heavy atom. The predicted molar refractivity (Wildman–Crippen MR) is 112 cm³/mol. The van der Waals surface area contributed by atoms with Crippen LogP contribution in [0.2, 0.25) is 0 Å². The lowest BCUT2D eigenvalue weighted by Crippen LogP contribution is -2.35. The number of hydrogen-bond donors (Lipinski definition) is 2. The van der Waals surface area contributed by atoms with E-state index in [1.54, 1.807) is 12.3 Å². The molecule has 2 aromatic carbocycles. The second-order valence-corrected chi connectivity index (χ2v) is 6.86. The Hall–Kier alpha value is -4.34. The number of pyridine rings is 1. The molecule has 156 valence electrons. The lowest BCUT2D eigenvalue weighted by atomic mass is 10.1. The maximum atomic E-state index is 12.5. The summed E-state index contributed by atoms with van der Waals surface area (Å²) in [7, 11) is 0. The number of urea groups is 1. The number of para-hydroxylation sites is 1. The lowest BCUT2D eigenvalue weighted by Gasteiger charge is -2.14. The van der Waals surface area contributed by atoms with Gasteiger partial charge in [-0.2, -0.15) is 0 Å². The minimum absolute atomic E-state index is 0.0216. The van der Waals surface area contributed by atoms with E-state index in [1.807, 2.05) is 24.3 Å². The van der Waals surface area contributed by atoms with E-state index in [9.17, 15) is 24.5 Å². The second-order valence-electron chi connectivity index (χ2n) is 6.86. The summed E-state index contributed by atoms with van der Waals surface area (Å²) in [6.45, 7) is 0.299. The van der Waals surface area contributed by atoms with Crippen LogP contribution < -0.4 is 10.6 Å². The first-order chi connectivity index (χ1) is 15.0. The molecule has 0 fully saturated rings. The summed E-state index contributed by atoms with van der Waals surface area (Å²) >= 11 is 0. The molecule has 0 atom stereocenters. The first kappa shape index (κ1) is 20.0. The van der Waals surface area contributed by atoms with Crippen LogP contribution in [0.4, 0.5) is 16.2 Å². The van der Waals surface area contributed by atoms with Gasteiger partial charge in [-0.05, 0) is 24.6 Å². The van der Waals surface area contributed by atoms with Gasteiger partial charge >= 0.3 is 6.03 Å². The number of aromatic nitrogens is 1. The zero-order valence-electron chi connectivity index (χ0n) is 16.2. The van der Waals surface area contributed by atoms with Crippen molar-refractivity contribution in [3.63, 3.8) is 0 Å². The van der Waals surface area contributed by atoms with E-state index in [-0.39, 0.29) is 29.9 Å². The molecule has 0 radical (unpaired) electrons. The van der Waals surface area contributed by atoms with Crippen molar-refractivity contribution in [2.45, 2.75) is 6.42 Å². The van der Waals surface area contributed by atoms with Crippen molar-refractivity contribution in [2.24, 2.45) is 0 Å². The Kier molecular flexibility index (Phi) is 5.27. The number of hydrogen-bond acceptors (Lipinski definition) is 6. The van der Waals surface area contributed by atoms with Gasteiger partial charge < -0.3 is 10.6 Å². The summed E-state index contributed by atoms with van der Waals surface area (Å²) in [4.78, 5) is 52.6. The van der Waals surface area contributed by atoms with Gasteiger partial charge in [-0.15, -0.1) is 0 Å². The first-order valence-corrected chi connectivity index (χ1v) is 9.49. The molecule has 0 aliphatic carbocycles. The Morgan fingerprint density at radius 2 is 1.84 bits per heavy atom. The number of carbonyl (C=O) groups excluding carboxylic acids is 3. The van der Waals surface area contributed by atoms with Gasteiger partial charge in [-0.25, -0.2) is 4.79 Å². The van der Waals surface area contributed by atoms with Gasteiger partial charge in [0.2, 0.25) is 0 Å². The fraction of sp³-hybridized carbons (Fsp3) is 0.143. The summed E-state index contributed by atoms with van der Waals surface area (Å²) in [5, 5.41) is 17.2. The molecule has 31 heavy (non-hydrogen) atoms. The molecule has 1 aromatic heterocycles. The molecule has 0 saturated heterocycles. The SMILES string of the molecule is O=C(NCCCN1C(=O)c2ccc([N+](=O)[O-])cc2C1=O)Nc1cccc2cccnc12. The lowest BCUT2D eigenvalue weighted by molar-refractivity contribution is -0.384. The zero-order chi connectivity index (χ0) is 22.0. The number of nitro benzene ring substituents is 1. The molecule has 4 rings (SSSR count). The van der Waals surface area contributed by atoms with Crippen LogP contribution in [0.15, 0.2) is 54.7 Å². The summed E-state index contributed by atoms with van der Waals surface area (Å²) in [5.41, 5.74) is 1.15. The van der Waals surface area contributed by atoms with Gasteiger partial charge in [0, 0.05) is 36.8 Å². The van der Waals surface area contributed by atoms with Gasteiger partial charge in [0.05, 0.1) is 27.3 Å². The van der Waals surface area contributed by atoms with Gasteiger partial charge in [0.25, 0.3) is 17.5 Å². The third kappa shape index (κ3) is 3.90. The molecular formula is C21H17N5O5. The molecule has 1 aliphatic heterocycles. The number of non-ortho nitro benzene ring substituents is 1. The van der Waals surface area contributed by atoms with Crippen LogP contribution in [0.5, 0.6) is 0 Å². The average molecular weight is 419 g/mol. The smallest absolute Gasteiger partial charge is 0.319 e. The number of nitrogens with zero attached hydrogens (tertiary/aromatic N) is 3. The average Bonchev–Trinajstić information content (AvgIpc) is 3.01. The topological polar surface area (TPSA) is 135 Å². The van der Waals surface area contributed by atoms with E-state index in [1.165, 1.54) is 12.1 Å². The van der Waals surface area contributed by atoms with Crippen LogP contribution in [0.25, 0.3) is 10.9 Å². The van der Waals surface area contributed by atoms with E-state index in [0.29, 0.717) is 17.6 Å². The first-order valence-electron chi connectivity index (χ1n) is 9.49. The van der Waals surface area contributed by atoms with Gasteiger partial charge in [-0.3, -0.25) is 29.6 Å². The molecule has 0 saturated carbocycles. The molecule has 0 unspecified atom stereocenters. The minimum Gasteiger partial charge on any atom is -0.338 e. The molecule has 0 spiro atoms. The summed E-state index contributed by atoms with van der Waals surface area (Å²) in [6, 6.07) is 12.3. The normalized spacial score (nSPS) is 12.7. The highest BCUT2D eigenvalue weighted by Crippen LogP contribution is 2.26. The summed E-state index contributed by atoms with van der Waals surface area (Å²) < 4.78 is 0. The highest BCUT2D eigenvalue weighted by atomic mass is 16.6. The molecule has 10 nitrogen and oxygen atoms in total. The molecule has 1 aliphatic rings. The highest BCUT2D eigenvalue weighted by molar-refractivity contribution is 6.21. The van der Waals surface area contributed by atoms with Crippen molar-refractivity contribution in [3.05, 3.63) is 76.0 Å². The van der Waals surface area contributed by atoms with E-state index >= 15 is 0 Å². The monoisotopic (exact) mass is 419 g/mol. The van der Waals surface area contributed by atoms with Crippen molar-refractivity contribution < 1.29 is 19.3 Å². The molecule has 10 heteroatoms. The van der Waals surface area contributed by atoms with Crippen LogP contribution in [-0.4, -0.2) is 45.7 Å². The van der Waals surface area contributed by atoms with Gasteiger partial charge in [0.15, 0.2) is 0 Å². The van der Waals surface area contributed by atoms with Crippen LogP contribution in [0.1, 0.15) is 27.1 Å². The number of fused-ring (bicyclic) bond motifs is 2. The Labute approximate surface area is 176 Å². The van der Waals surface area contributed by atoms with Crippen molar-refractivity contribution in [3.8, 4) is 0 Å². The number of carbonyl (C=O) groups is 3. The summed E-state index contributed by atoms with van der Waals surface area (Å²) in [6.07, 6.45) is 1.97. The Balaban J connectivity index is 1.31. The van der Waals surface area contributed by atoms with Crippen LogP contribution in [0, 0.1) is 10.1 Å². The third-order valence-corrected chi connectivity index (χ3v) is 4.89. The van der Waals surface area contributed by atoms with Crippen molar-refractivity contribution in [1.82, 2.24) is 15.2 Å². The fourth-order valence-electron chi connectivity index (χ4n) is 3.41. The van der Waals surface area contributed by atoms with Gasteiger partial charge in [-0.1, -0.05) is 18.2 Å². The molecule has 2 N–H and O–H groups in total. The molecule has 0 bridgehead atoms. The molecule has 3 aromatic rings. The van der Waals surface area contributed by atoms with E-state index < -0.39 is 22.8 Å². The van der Waals surface area contributed by atoms with Crippen LogP contribution in [0.3, 0.4) is 0 Å². The van der Waals surface area contributed by atoms with E-state index in [4.69, 9.17) is 0 Å². The van der Waals surface area contributed by atoms with Crippen molar-refractivity contribution >= 4 is 40.1 Å². The number of imide groups is 1. The number of nitrogens with one attached hydrogen (secondary N) is 2. The minimum atomic E-state index is -0.616. The number of amides is 4. The highest BCUT2D eigenvalue weighted by Gasteiger charge is 2.36. The standard InChI is InChI=1S/C21H17N5O5/c27-19-15-8-7-14(26(30)31)12-16(15)20(28)25(19)11-3-10-23-21(29)24-17-6-1-4-13-5-2-9-22-18(13)17/h1-2,4-9,12H,3,10-11H2,(H2,23,24,29). The Morgan fingerprint density at radius 3 is 2.65 bits per heavy atom. The Bertz CT molecular complexity index is 1220. The van der Waals surface area contributed by atoms with E-state index in [0.717, 1.165) is 16.4 Å². The zero-order valence-corrected chi connectivity index (χ0v) is 16.2. The van der Waals surface area contributed by atoms with E-state index in [2.05, 4.69) is 15.6 Å². The fourth-order valence-corrected chi connectivity index (χ4v) is 3.41. The van der Waals surface area contributed by atoms with Crippen molar-refractivity contribution in [2.75, 3.05) is 18.4 Å². The maximum Gasteiger partial charge on any atom is 0.319 e. The van der Waals surface area contributed by atoms with Crippen LogP contribution >= 0.6 is 0 Å². The summed E-state index contributed by atoms with van der Waals surface area (Å²) in [5.74, 6) is -1.07. The molecular weight excluding hydrogens is 402 g/mol. The quantitative estimate of drug-likeness (QED) is 0.273. The molecule has 2 heterocycles. The van der Waals surface area contributed by atoms with Gasteiger partial charge in [0.1, 0.15) is 0 Å². The van der Waals surface area contributed by atoms with Crippen molar-refractivity contribution in [1.29, 1.82) is 0 Å². The second kappa shape index (κ2) is 8.19. The number of anilines is 1. The number of benzene rings is 2. The predicted octanol–water partition coefficient (Wildman–Crippen LogP) is 2.95. The maximum absolute atomic E-state index is 12.5. The van der Waals surface area contributed by atoms with Crippen LogP contribution in [-0.2, 0) is 0 Å². The molecule has 4 amide bonds. The number of nitro groups is 1. The largest absolute Gasteiger partial charge is 0.338 e. The number of rotatable bonds is 6. The third-order valence-electron chi connectivity index (χ3n) is 4.89.